The number of thiophene rings is 1. The van der Waals surface area contributed by atoms with Crippen LogP contribution in [0.15, 0.2) is 12.1 Å². The first kappa shape index (κ1) is 15.0. The van der Waals surface area contributed by atoms with E-state index in [2.05, 4.69) is 29.7 Å². The summed E-state index contributed by atoms with van der Waals surface area (Å²) >= 11 is 1.78. The van der Waals surface area contributed by atoms with Crippen molar-refractivity contribution < 1.29 is 9.59 Å². The van der Waals surface area contributed by atoms with Crippen LogP contribution in [0.3, 0.4) is 0 Å². The molecule has 2 rings (SSSR count). The topological polar surface area (TPSA) is 58.2 Å². The minimum atomic E-state index is -0.0133. The van der Waals surface area contributed by atoms with Crippen LogP contribution in [0.1, 0.15) is 35.9 Å². The lowest BCUT2D eigenvalue weighted by molar-refractivity contribution is -0.125. The molecule has 110 valence electrons. The fourth-order valence-corrected chi connectivity index (χ4v) is 3.21. The van der Waals surface area contributed by atoms with Crippen molar-refractivity contribution >= 4 is 23.2 Å². The molecule has 0 bridgehead atoms. The Morgan fingerprint density at radius 3 is 2.60 bits per heavy atom. The molecule has 1 aromatic heterocycles. The zero-order valence-electron chi connectivity index (χ0n) is 12.2. The Balaban J connectivity index is 1.66. The molecule has 1 aliphatic carbocycles. The zero-order chi connectivity index (χ0) is 14.7. The van der Waals surface area contributed by atoms with Gasteiger partial charge in [0.15, 0.2) is 0 Å². The van der Waals surface area contributed by atoms with Gasteiger partial charge in [0.25, 0.3) is 0 Å². The van der Waals surface area contributed by atoms with Crippen LogP contribution in [0.2, 0.25) is 0 Å². The molecule has 5 heteroatoms. The lowest BCUT2D eigenvalue weighted by Gasteiger charge is -2.08. The number of hydrogen-bond donors (Lipinski definition) is 2. The van der Waals surface area contributed by atoms with Gasteiger partial charge in [0, 0.05) is 40.6 Å². The molecule has 1 heterocycles. The summed E-state index contributed by atoms with van der Waals surface area (Å²) in [5.41, 5.74) is 0. The fraction of sp³-hybridized carbons (Fsp3) is 0.600. The molecule has 2 amide bonds. The molecule has 4 nitrogen and oxygen atoms in total. The SMILES string of the molecule is Cc1ccc(C2CC2C(=O)NCCNC(=O)C(C)C)s1. The molecular formula is C15H22N2O2S. The van der Waals surface area contributed by atoms with Crippen molar-refractivity contribution in [3.8, 4) is 0 Å². The van der Waals surface area contributed by atoms with Gasteiger partial charge >= 0.3 is 0 Å². The van der Waals surface area contributed by atoms with Gasteiger partial charge < -0.3 is 10.6 Å². The molecule has 1 fully saturated rings. The van der Waals surface area contributed by atoms with E-state index in [0.717, 1.165) is 6.42 Å². The van der Waals surface area contributed by atoms with E-state index in [1.807, 2.05) is 13.8 Å². The minimum Gasteiger partial charge on any atom is -0.354 e. The van der Waals surface area contributed by atoms with E-state index < -0.39 is 0 Å². The van der Waals surface area contributed by atoms with Gasteiger partial charge in [-0.1, -0.05) is 13.8 Å². The van der Waals surface area contributed by atoms with Gasteiger partial charge in [-0.15, -0.1) is 11.3 Å². The van der Waals surface area contributed by atoms with Crippen molar-refractivity contribution in [1.82, 2.24) is 10.6 Å². The Morgan fingerprint density at radius 1 is 1.30 bits per heavy atom. The van der Waals surface area contributed by atoms with Crippen LogP contribution in [-0.4, -0.2) is 24.9 Å². The van der Waals surface area contributed by atoms with Crippen molar-refractivity contribution in [3.63, 3.8) is 0 Å². The summed E-state index contributed by atoms with van der Waals surface area (Å²) in [7, 11) is 0. The Morgan fingerprint density at radius 2 is 2.00 bits per heavy atom. The van der Waals surface area contributed by atoms with Gasteiger partial charge in [-0.25, -0.2) is 0 Å². The highest BCUT2D eigenvalue weighted by Gasteiger charge is 2.44. The Bertz CT molecular complexity index is 496. The van der Waals surface area contributed by atoms with Gasteiger partial charge in [-0.3, -0.25) is 9.59 Å². The molecule has 1 aromatic rings. The molecular weight excluding hydrogens is 272 g/mol. The van der Waals surface area contributed by atoms with E-state index in [1.54, 1.807) is 11.3 Å². The normalized spacial score (nSPS) is 20.8. The van der Waals surface area contributed by atoms with Crippen LogP contribution < -0.4 is 10.6 Å². The molecule has 1 aliphatic rings. The van der Waals surface area contributed by atoms with Gasteiger partial charge in [0.05, 0.1) is 0 Å². The smallest absolute Gasteiger partial charge is 0.223 e. The molecule has 0 aliphatic heterocycles. The second kappa shape index (κ2) is 6.39. The van der Waals surface area contributed by atoms with Gasteiger partial charge in [-0.05, 0) is 25.5 Å². The van der Waals surface area contributed by atoms with E-state index in [1.165, 1.54) is 9.75 Å². The molecule has 0 radical (unpaired) electrons. The van der Waals surface area contributed by atoms with Crippen molar-refractivity contribution in [1.29, 1.82) is 0 Å². The van der Waals surface area contributed by atoms with Crippen molar-refractivity contribution in [3.05, 3.63) is 21.9 Å². The molecule has 20 heavy (non-hydrogen) atoms. The monoisotopic (exact) mass is 294 g/mol. The number of nitrogens with one attached hydrogen (secondary N) is 2. The van der Waals surface area contributed by atoms with E-state index in [-0.39, 0.29) is 23.7 Å². The quantitative estimate of drug-likeness (QED) is 0.789. The number of carbonyl (C=O) groups excluding carboxylic acids is 2. The van der Waals surface area contributed by atoms with Crippen molar-refractivity contribution in [2.24, 2.45) is 11.8 Å². The number of hydrogen-bond acceptors (Lipinski definition) is 3. The summed E-state index contributed by atoms with van der Waals surface area (Å²) in [5, 5.41) is 5.69. The van der Waals surface area contributed by atoms with Crippen LogP contribution >= 0.6 is 11.3 Å². The van der Waals surface area contributed by atoms with Crippen LogP contribution in [0.25, 0.3) is 0 Å². The lowest BCUT2D eigenvalue weighted by Crippen LogP contribution is -2.37. The number of amides is 2. The van der Waals surface area contributed by atoms with Gasteiger partial charge in [-0.2, -0.15) is 0 Å². The standard InChI is InChI=1S/C15H22N2O2S/c1-9(2)14(18)16-6-7-17-15(19)12-8-11(12)13-5-4-10(3)20-13/h4-5,9,11-12H,6-8H2,1-3H3,(H,16,18)(H,17,19). The largest absolute Gasteiger partial charge is 0.354 e. The number of carbonyl (C=O) groups is 2. The second-order valence-corrected chi connectivity index (χ2v) is 6.95. The third-order valence-electron chi connectivity index (χ3n) is 3.50. The maximum absolute atomic E-state index is 12.0. The minimum absolute atomic E-state index is 0.0133. The second-order valence-electron chi connectivity index (χ2n) is 5.63. The third kappa shape index (κ3) is 3.82. The molecule has 1 saturated carbocycles. The van der Waals surface area contributed by atoms with Gasteiger partial charge in [0.1, 0.15) is 0 Å². The van der Waals surface area contributed by atoms with Gasteiger partial charge in [0.2, 0.25) is 11.8 Å². The number of rotatable bonds is 6. The first-order chi connectivity index (χ1) is 9.49. The van der Waals surface area contributed by atoms with Crippen molar-refractivity contribution in [2.45, 2.75) is 33.1 Å². The Kier molecular flexibility index (Phi) is 4.81. The predicted molar refractivity (Wildman–Crippen MR) is 80.8 cm³/mol. The highest BCUT2D eigenvalue weighted by atomic mass is 32.1. The van der Waals surface area contributed by atoms with Crippen molar-refractivity contribution in [2.75, 3.05) is 13.1 Å². The van der Waals surface area contributed by atoms with Crippen LogP contribution in [0, 0.1) is 18.8 Å². The summed E-state index contributed by atoms with van der Waals surface area (Å²) in [6, 6.07) is 4.23. The number of aryl methyl sites for hydroxylation is 1. The van der Waals surface area contributed by atoms with Crippen LogP contribution in [0.4, 0.5) is 0 Å². The van der Waals surface area contributed by atoms with E-state index >= 15 is 0 Å². The molecule has 0 aromatic carbocycles. The zero-order valence-corrected chi connectivity index (χ0v) is 13.0. The third-order valence-corrected chi connectivity index (χ3v) is 4.63. The van der Waals surface area contributed by atoms with E-state index in [9.17, 15) is 9.59 Å². The average molecular weight is 294 g/mol. The van der Waals surface area contributed by atoms with Crippen LogP contribution in [0.5, 0.6) is 0 Å². The maximum atomic E-state index is 12.0. The molecule has 0 saturated heterocycles. The first-order valence-electron chi connectivity index (χ1n) is 7.10. The summed E-state index contributed by atoms with van der Waals surface area (Å²) < 4.78 is 0. The maximum Gasteiger partial charge on any atom is 0.223 e. The van der Waals surface area contributed by atoms with E-state index in [4.69, 9.17) is 0 Å². The highest BCUT2D eigenvalue weighted by Crippen LogP contribution is 2.49. The van der Waals surface area contributed by atoms with Crippen LogP contribution in [-0.2, 0) is 9.59 Å². The Labute approximate surface area is 124 Å². The summed E-state index contributed by atoms with van der Waals surface area (Å²) in [6.45, 7) is 6.79. The average Bonchev–Trinajstić information content (AvgIpc) is 3.09. The highest BCUT2D eigenvalue weighted by molar-refractivity contribution is 7.12. The molecule has 2 N–H and O–H groups in total. The molecule has 2 unspecified atom stereocenters. The first-order valence-corrected chi connectivity index (χ1v) is 7.92. The molecule has 0 spiro atoms. The summed E-state index contributed by atoms with van der Waals surface area (Å²) in [6.07, 6.45) is 0.949. The lowest BCUT2D eigenvalue weighted by atomic mass is 10.2. The fourth-order valence-electron chi connectivity index (χ4n) is 2.16. The molecule has 2 atom stereocenters. The Hall–Kier alpha value is -1.36. The predicted octanol–water partition coefficient (Wildman–Crippen LogP) is 2.05. The summed E-state index contributed by atoms with van der Waals surface area (Å²) in [4.78, 5) is 25.9. The summed E-state index contributed by atoms with van der Waals surface area (Å²) in [5.74, 6) is 0.644. The van der Waals surface area contributed by atoms with E-state index in [0.29, 0.717) is 19.0 Å².